The lowest BCUT2D eigenvalue weighted by Gasteiger charge is -2.31. The maximum atomic E-state index is 12.0. The number of thiophene rings is 1. The van der Waals surface area contributed by atoms with Crippen molar-refractivity contribution in [3.05, 3.63) is 22.4 Å². The molecule has 0 aliphatic carbocycles. The van der Waals surface area contributed by atoms with Crippen LogP contribution >= 0.6 is 11.3 Å². The minimum Gasteiger partial charge on any atom is -0.340 e. The predicted octanol–water partition coefficient (Wildman–Crippen LogP) is 1.53. The Labute approximate surface area is 111 Å². The molecule has 0 radical (unpaired) electrons. The molecule has 1 amide bonds. The Morgan fingerprint density at radius 1 is 1.50 bits per heavy atom. The van der Waals surface area contributed by atoms with Gasteiger partial charge in [0, 0.05) is 38.5 Å². The van der Waals surface area contributed by atoms with E-state index in [1.165, 1.54) is 11.3 Å². The zero-order valence-electron chi connectivity index (χ0n) is 10.5. The Morgan fingerprint density at radius 2 is 2.33 bits per heavy atom. The summed E-state index contributed by atoms with van der Waals surface area (Å²) in [7, 11) is 0. The van der Waals surface area contributed by atoms with Crippen LogP contribution in [0.25, 0.3) is 0 Å². The molecule has 1 aliphatic rings. The molecule has 1 fully saturated rings. The molecule has 0 saturated carbocycles. The van der Waals surface area contributed by atoms with Gasteiger partial charge in [0.2, 0.25) is 5.91 Å². The van der Waals surface area contributed by atoms with E-state index in [9.17, 15) is 9.59 Å². The molecule has 1 atom stereocenters. The molecule has 0 bridgehead atoms. The zero-order chi connectivity index (χ0) is 13.0. The van der Waals surface area contributed by atoms with Gasteiger partial charge in [-0.05, 0) is 18.4 Å². The van der Waals surface area contributed by atoms with Crippen molar-refractivity contribution in [3.8, 4) is 0 Å². The van der Waals surface area contributed by atoms with Gasteiger partial charge in [0.1, 0.15) is 0 Å². The molecule has 2 rings (SSSR count). The molecule has 0 aromatic carbocycles. The van der Waals surface area contributed by atoms with Crippen LogP contribution in [-0.2, 0) is 4.79 Å². The number of carbonyl (C=O) groups is 2. The highest BCUT2D eigenvalue weighted by atomic mass is 32.1. The third-order valence-electron chi connectivity index (χ3n) is 3.08. The third kappa shape index (κ3) is 3.40. The maximum Gasteiger partial charge on any atom is 0.223 e. The first-order valence-corrected chi connectivity index (χ1v) is 7.12. The van der Waals surface area contributed by atoms with E-state index in [0.717, 1.165) is 24.5 Å². The fourth-order valence-electron chi connectivity index (χ4n) is 2.10. The average molecular weight is 266 g/mol. The topological polar surface area (TPSA) is 49.4 Å². The molecular formula is C13H18N2O2S. The fraction of sp³-hybridized carbons (Fsp3) is 0.538. The second kappa shape index (κ2) is 6.11. The molecule has 98 valence electrons. The monoisotopic (exact) mass is 266 g/mol. The highest BCUT2D eigenvalue weighted by Crippen LogP contribution is 2.13. The minimum atomic E-state index is 0.0709. The van der Waals surface area contributed by atoms with E-state index < -0.39 is 0 Å². The molecule has 4 nitrogen and oxygen atoms in total. The Morgan fingerprint density at radius 3 is 3.00 bits per heavy atom. The van der Waals surface area contributed by atoms with Gasteiger partial charge in [-0.25, -0.2) is 0 Å². The van der Waals surface area contributed by atoms with Crippen molar-refractivity contribution in [1.82, 2.24) is 10.2 Å². The number of ketones is 1. The van der Waals surface area contributed by atoms with Crippen LogP contribution in [-0.4, -0.2) is 42.3 Å². The van der Waals surface area contributed by atoms with Gasteiger partial charge in [-0.1, -0.05) is 6.07 Å². The molecule has 0 spiro atoms. The molecule has 1 N–H and O–H groups in total. The molecular weight excluding hydrogens is 248 g/mol. The number of piperazine rings is 1. The van der Waals surface area contributed by atoms with E-state index in [0.29, 0.717) is 18.9 Å². The molecule has 1 aromatic heterocycles. The van der Waals surface area contributed by atoms with Gasteiger partial charge in [-0.3, -0.25) is 9.59 Å². The van der Waals surface area contributed by atoms with E-state index in [1.807, 2.05) is 22.4 Å². The first-order chi connectivity index (χ1) is 8.66. The molecule has 18 heavy (non-hydrogen) atoms. The van der Waals surface area contributed by atoms with E-state index >= 15 is 0 Å². The fourth-order valence-corrected chi connectivity index (χ4v) is 2.79. The first kappa shape index (κ1) is 13.2. The van der Waals surface area contributed by atoms with Gasteiger partial charge in [-0.2, -0.15) is 0 Å². The maximum absolute atomic E-state index is 12.0. The largest absolute Gasteiger partial charge is 0.340 e. The number of Topliss-reactive ketones (excluding diaryl/α,β-unsaturated/α-hetero) is 1. The summed E-state index contributed by atoms with van der Waals surface area (Å²) in [4.78, 5) is 26.3. The Balaban J connectivity index is 1.79. The number of nitrogens with zero attached hydrogens (tertiary/aromatic N) is 1. The molecule has 1 aliphatic heterocycles. The second-order valence-corrected chi connectivity index (χ2v) is 5.54. The molecule has 1 aromatic rings. The lowest BCUT2D eigenvalue weighted by molar-refractivity contribution is -0.132. The van der Waals surface area contributed by atoms with Crippen molar-refractivity contribution in [2.45, 2.75) is 25.8 Å². The number of hydrogen-bond donors (Lipinski definition) is 1. The second-order valence-electron chi connectivity index (χ2n) is 4.60. The van der Waals surface area contributed by atoms with E-state index in [4.69, 9.17) is 0 Å². The molecule has 2 heterocycles. The summed E-state index contributed by atoms with van der Waals surface area (Å²) in [5.74, 6) is 0.162. The van der Waals surface area contributed by atoms with Crippen molar-refractivity contribution < 1.29 is 9.59 Å². The van der Waals surface area contributed by atoms with Gasteiger partial charge in [-0.15, -0.1) is 11.3 Å². The quantitative estimate of drug-likeness (QED) is 0.841. The van der Waals surface area contributed by atoms with Crippen molar-refractivity contribution >= 4 is 23.0 Å². The standard InChI is InChI=1S/C13H18N2O2S/c1-10-9-15(7-6-14-10)13(17)5-4-11(16)12-3-2-8-18-12/h2-3,8,10,14H,4-7,9H2,1H3. The SMILES string of the molecule is CC1CN(C(=O)CCC(=O)c2cccs2)CCN1. The lowest BCUT2D eigenvalue weighted by atomic mass is 10.1. The number of nitrogens with one attached hydrogen (secondary N) is 1. The van der Waals surface area contributed by atoms with Crippen LogP contribution in [0, 0.1) is 0 Å². The number of rotatable bonds is 4. The van der Waals surface area contributed by atoms with Crippen LogP contribution in [0.3, 0.4) is 0 Å². The highest BCUT2D eigenvalue weighted by Gasteiger charge is 2.21. The summed E-state index contributed by atoms with van der Waals surface area (Å²) >= 11 is 1.43. The normalized spacial score (nSPS) is 19.8. The summed E-state index contributed by atoms with van der Waals surface area (Å²) < 4.78 is 0. The lowest BCUT2D eigenvalue weighted by Crippen LogP contribution is -2.51. The van der Waals surface area contributed by atoms with E-state index in [-0.39, 0.29) is 11.7 Å². The number of hydrogen-bond acceptors (Lipinski definition) is 4. The first-order valence-electron chi connectivity index (χ1n) is 6.24. The van der Waals surface area contributed by atoms with Gasteiger partial charge in [0.05, 0.1) is 4.88 Å². The van der Waals surface area contributed by atoms with Crippen LogP contribution in [0.5, 0.6) is 0 Å². The van der Waals surface area contributed by atoms with E-state index in [1.54, 1.807) is 0 Å². The van der Waals surface area contributed by atoms with Gasteiger partial charge >= 0.3 is 0 Å². The minimum absolute atomic E-state index is 0.0709. The molecule has 1 unspecified atom stereocenters. The van der Waals surface area contributed by atoms with Crippen molar-refractivity contribution in [2.75, 3.05) is 19.6 Å². The third-order valence-corrected chi connectivity index (χ3v) is 3.99. The van der Waals surface area contributed by atoms with Crippen LogP contribution in [0.4, 0.5) is 0 Å². The van der Waals surface area contributed by atoms with Crippen LogP contribution < -0.4 is 5.32 Å². The van der Waals surface area contributed by atoms with Crippen molar-refractivity contribution in [3.63, 3.8) is 0 Å². The zero-order valence-corrected chi connectivity index (χ0v) is 11.3. The van der Waals surface area contributed by atoms with Crippen LogP contribution in [0.1, 0.15) is 29.4 Å². The summed E-state index contributed by atoms with van der Waals surface area (Å²) in [5, 5.41) is 5.18. The van der Waals surface area contributed by atoms with Crippen LogP contribution in [0.2, 0.25) is 0 Å². The molecule has 1 saturated heterocycles. The van der Waals surface area contributed by atoms with Gasteiger partial charge < -0.3 is 10.2 Å². The summed E-state index contributed by atoms with van der Waals surface area (Å²) in [6.45, 7) is 4.39. The van der Waals surface area contributed by atoms with Gasteiger partial charge in [0.15, 0.2) is 5.78 Å². The number of amides is 1. The van der Waals surface area contributed by atoms with Crippen molar-refractivity contribution in [2.24, 2.45) is 0 Å². The molecule has 5 heteroatoms. The Hall–Kier alpha value is -1.20. The van der Waals surface area contributed by atoms with Gasteiger partial charge in [0.25, 0.3) is 0 Å². The average Bonchev–Trinajstić information content (AvgIpc) is 2.89. The Kier molecular flexibility index (Phi) is 4.49. The summed E-state index contributed by atoms with van der Waals surface area (Å²) in [6, 6.07) is 4.01. The van der Waals surface area contributed by atoms with Crippen molar-refractivity contribution in [1.29, 1.82) is 0 Å². The highest BCUT2D eigenvalue weighted by molar-refractivity contribution is 7.12. The number of carbonyl (C=O) groups excluding carboxylic acids is 2. The van der Waals surface area contributed by atoms with E-state index in [2.05, 4.69) is 12.2 Å². The predicted molar refractivity (Wildman–Crippen MR) is 71.9 cm³/mol. The summed E-state index contributed by atoms with van der Waals surface area (Å²) in [5.41, 5.74) is 0. The van der Waals surface area contributed by atoms with Crippen LogP contribution in [0.15, 0.2) is 17.5 Å². The Bertz CT molecular complexity index is 417. The summed E-state index contributed by atoms with van der Waals surface area (Å²) in [6.07, 6.45) is 0.640. The smallest absolute Gasteiger partial charge is 0.223 e.